The molecule has 0 bridgehead atoms. The summed E-state index contributed by atoms with van der Waals surface area (Å²) in [6, 6.07) is 3.75. The van der Waals surface area contributed by atoms with Gasteiger partial charge in [-0.15, -0.1) is 0 Å². The molecule has 7 nitrogen and oxygen atoms in total. The van der Waals surface area contributed by atoms with Gasteiger partial charge < -0.3 is 10.3 Å². The highest BCUT2D eigenvalue weighted by molar-refractivity contribution is 6.34. The van der Waals surface area contributed by atoms with E-state index in [-0.39, 0.29) is 22.3 Å². The fourth-order valence-electron chi connectivity index (χ4n) is 1.95. The van der Waals surface area contributed by atoms with Gasteiger partial charge in [0.05, 0.1) is 16.0 Å². The average Bonchev–Trinajstić information content (AvgIpc) is 2.98. The molecule has 0 radical (unpaired) electrons. The van der Waals surface area contributed by atoms with Gasteiger partial charge in [0.2, 0.25) is 0 Å². The van der Waals surface area contributed by atoms with Crippen molar-refractivity contribution in [1.82, 2.24) is 15.3 Å². The third-order valence-electron chi connectivity index (χ3n) is 2.98. The Bertz CT molecular complexity index is 657. The number of hydrogen-bond donors (Lipinski definition) is 2. The minimum absolute atomic E-state index is 0.0380. The monoisotopic (exact) mass is 308 g/mol. The van der Waals surface area contributed by atoms with E-state index >= 15 is 0 Å². The molecule has 2 rings (SSSR count). The van der Waals surface area contributed by atoms with Crippen molar-refractivity contribution in [2.24, 2.45) is 0 Å². The zero-order valence-corrected chi connectivity index (χ0v) is 11.9. The van der Waals surface area contributed by atoms with E-state index in [4.69, 9.17) is 11.6 Å². The molecule has 0 fully saturated rings. The second-order valence-corrected chi connectivity index (χ2v) is 4.71. The van der Waals surface area contributed by atoms with Crippen LogP contribution in [0.5, 0.6) is 0 Å². The van der Waals surface area contributed by atoms with E-state index in [9.17, 15) is 14.9 Å². The summed E-state index contributed by atoms with van der Waals surface area (Å²) in [5.41, 5.74) is -0.469. The first-order valence-corrected chi connectivity index (χ1v) is 6.65. The van der Waals surface area contributed by atoms with Crippen molar-refractivity contribution in [3.8, 4) is 0 Å². The average molecular weight is 309 g/mol. The molecule has 2 aromatic rings. The number of nitro groups is 1. The highest BCUT2D eigenvalue weighted by Gasteiger charge is 2.25. The summed E-state index contributed by atoms with van der Waals surface area (Å²) in [4.78, 5) is 29.7. The third kappa shape index (κ3) is 3.19. The Kier molecular flexibility index (Phi) is 4.54. The summed E-state index contributed by atoms with van der Waals surface area (Å²) in [5, 5.41) is 13.7. The first kappa shape index (κ1) is 15.0. The SMILES string of the molecule is CCC(NC(=O)c1c(Cl)cccc1[N+](=O)[O-])c1ncc[nH]1. The Morgan fingerprint density at radius 3 is 2.90 bits per heavy atom. The molecular weight excluding hydrogens is 296 g/mol. The lowest BCUT2D eigenvalue weighted by Gasteiger charge is -2.15. The van der Waals surface area contributed by atoms with Gasteiger partial charge in [-0.05, 0) is 12.5 Å². The number of rotatable bonds is 5. The topological polar surface area (TPSA) is 101 Å². The quantitative estimate of drug-likeness (QED) is 0.655. The number of nitrogens with one attached hydrogen (secondary N) is 2. The molecule has 1 aromatic heterocycles. The molecular formula is C13H13ClN4O3. The molecule has 2 N–H and O–H groups in total. The lowest BCUT2D eigenvalue weighted by Crippen LogP contribution is -2.29. The lowest BCUT2D eigenvalue weighted by atomic mass is 10.1. The maximum atomic E-state index is 12.3. The molecule has 1 heterocycles. The largest absolute Gasteiger partial charge is 0.347 e. The van der Waals surface area contributed by atoms with E-state index < -0.39 is 10.8 Å². The molecule has 0 spiro atoms. The molecule has 0 saturated heterocycles. The number of aromatic amines is 1. The van der Waals surface area contributed by atoms with Crippen LogP contribution in [0.4, 0.5) is 5.69 Å². The van der Waals surface area contributed by atoms with Crippen LogP contribution in [-0.4, -0.2) is 20.8 Å². The van der Waals surface area contributed by atoms with Crippen LogP contribution in [0.3, 0.4) is 0 Å². The minimum atomic E-state index is -0.630. The van der Waals surface area contributed by atoms with Gasteiger partial charge in [0, 0.05) is 18.5 Å². The highest BCUT2D eigenvalue weighted by atomic mass is 35.5. The summed E-state index contributed by atoms with van der Waals surface area (Å²) >= 11 is 5.93. The second kappa shape index (κ2) is 6.36. The summed E-state index contributed by atoms with van der Waals surface area (Å²) in [5.74, 6) is -0.0175. The molecule has 0 saturated carbocycles. The molecule has 21 heavy (non-hydrogen) atoms. The number of carbonyl (C=O) groups excluding carboxylic acids is 1. The summed E-state index contributed by atoms with van der Waals surface area (Å²) in [7, 11) is 0. The van der Waals surface area contributed by atoms with Crippen LogP contribution in [0.2, 0.25) is 5.02 Å². The predicted octanol–water partition coefficient (Wildman–Crippen LogP) is 2.85. The van der Waals surface area contributed by atoms with Gasteiger partial charge in [-0.25, -0.2) is 4.98 Å². The second-order valence-electron chi connectivity index (χ2n) is 4.30. The number of halogens is 1. The van der Waals surface area contributed by atoms with Crippen LogP contribution in [0, 0.1) is 10.1 Å². The smallest absolute Gasteiger partial charge is 0.283 e. The number of aromatic nitrogens is 2. The van der Waals surface area contributed by atoms with Gasteiger partial charge in [-0.3, -0.25) is 14.9 Å². The fourth-order valence-corrected chi connectivity index (χ4v) is 2.21. The Morgan fingerprint density at radius 1 is 1.57 bits per heavy atom. The van der Waals surface area contributed by atoms with Crippen LogP contribution < -0.4 is 5.32 Å². The number of benzene rings is 1. The van der Waals surface area contributed by atoms with Gasteiger partial charge in [0.1, 0.15) is 11.4 Å². The van der Waals surface area contributed by atoms with E-state index in [0.29, 0.717) is 12.2 Å². The number of nitrogens with zero attached hydrogens (tertiary/aromatic N) is 2. The molecule has 8 heteroatoms. The number of amides is 1. The van der Waals surface area contributed by atoms with E-state index in [1.165, 1.54) is 18.2 Å². The number of carbonyl (C=O) groups is 1. The zero-order valence-electron chi connectivity index (χ0n) is 11.2. The first-order valence-electron chi connectivity index (χ1n) is 6.27. The Balaban J connectivity index is 2.30. The van der Waals surface area contributed by atoms with E-state index in [1.54, 1.807) is 12.4 Å². The molecule has 0 aliphatic carbocycles. The van der Waals surface area contributed by atoms with Gasteiger partial charge in [-0.1, -0.05) is 24.6 Å². The number of nitro benzene ring substituents is 1. The van der Waals surface area contributed by atoms with Gasteiger partial charge in [0.15, 0.2) is 0 Å². The third-order valence-corrected chi connectivity index (χ3v) is 3.29. The molecule has 1 atom stereocenters. The fraction of sp³-hybridized carbons (Fsp3) is 0.231. The molecule has 1 aromatic carbocycles. The van der Waals surface area contributed by atoms with Gasteiger partial charge >= 0.3 is 0 Å². The van der Waals surface area contributed by atoms with Crippen molar-refractivity contribution in [2.45, 2.75) is 19.4 Å². The normalized spacial score (nSPS) is 11.9. The Hall–Kier alpha value is -2.41. The maximum Gasteiger partial charge on any atom is 0.283 e. The Morgan fingerprint density at radius 2 is 2.33 bits per heavy atom. The van der Waals surface area contributed by atoms with Crippen LogP contribution in [0.15, 0.2) is 30.6 Å². The summed E-state index contributed by atoms with van der Waals surface area (Å²) in [6.45, 7) is 1.87. The van der Waals surface area contributed by atoms with Crippen molar-refractivity contribution in [3.05, 3.63) is 57.1 Å². The van der Waals surface area contributed by atoms with Crippen molar-refractivity contribution >= 4 is 23.2 Å². The van der Waals surface area contributed by atoms with Gasteiger partial charge in [0.25, 0.3) is 11.6 Å². The number of H-pyrrole nitrogens is 1. The molecule has 0 aliphatic heterocycles. The first-order chi connectivity index (χ1) is 10.0. The van der Waals surface area contributed by atoms with Crippen molar-refractivity contribution in [2.75, 3.05) is 0 Å². The lowest BCUT2D eigenvalue weighted by molar-refractivity contribution is -0.385. The minimum Gasteiger partial charge on any atom is -0.347 e. The summed E-state index contributed by atoms with van der Waals surface area (Å²) in [6.07, 6.45) is 3.79. The number of imidazole rings is 1. The van der Waals surface area contributed by atoms with Crippen LogP contribution in [0.25, 0.3) is 0 Å². The summed E-state index contributed by atoms with van der Waals surface area (Å²) < 4.78 is 0. The molecule has 110 valence electrons. The Labute approximate surface area is 125 Å². The number of hydrogen-bond acceptors (Lipinski definition) is 4. The molecule has 0 aliphatic rings. The maximum absolute atomic E-state index is 12.3. The van der Waals surface area contributed by atoms with Gasteiger partial charge in [-0.2, -0.15) is 0 Å². The molecule has 1 unspecified atom stereocenters. The van der Waals surface area contributed by atoms with Crippen molar-refractivity contribution < 1.29 is 9.72 Å². The van der Waals surface area contributed by atoms with Crippen LogP contribution >= 0.6 is 11.6 Å². The standard InChI is InChI=1S/C13H13ClN4O3/c1-2-9(12-15-6-7-16-12)17-13(19)11-8(14)4-3-5-10(11)18(20)21/h3-7,9H,2H2,1H3,(H,15,16)(H,17,19). The van der Waals surface area contributed by atoms with E-state index in [2.05, 4.69) is 15.3 Å². The molecule has 1 amide bonds. The predicted molar refractivity (Wildman–Crippen MR) is 77.2 cm³/mol. The van der Waals surface area contributed by atoms with Crippen LogP contribution in [0.1, 0.15) is 35.6 Å². The van der Waals surface area contributed by atoms with Crippen LogP contribution in [-0.2, 0) is 0 Å². The zero-order chi connectivity index (χ0) is 15.4. The van der Waals surface area contributed by atoms with Crippen molar-refractivity contribution in [3.63, 3.8) is 0 Å². The highest BCUT2D eigenvalue weighted by Crippen LogP contribution is 2.27. The van der Waals surface area contributed by atoms with E-state index in [1.807, 2.05) is 6.92 Å². The van der Waals surface area contributed by atoms with Crippen molar-refractivity contribution in [1.29, 1.82) is 0 Å². The van der Waals surface area contributed by atoms with E-state index in [0.717, 1.165) is 0 Å².